The number of carbonyl (C=O) groups is 2. The second-order valence-electron chi connectivity index (χ2n) is 4.34. The van der Waals surface area contributed by atoms with E-state index in [1.165, 1.54) is 12.1 Å². The molecular formula is C13H15NO3. The molecule has 1 amide bonds. The third kappa shape index (κ3) is 2.84. The Balaban J connectivity index is 2.07. The van der Waals surface area contributed by atoms with Crippen LogP contribution in [0.2, 0.25) is 0 Å². The summed E-state index contributed by atoms with van der Waals surface area (Å²) in [5, 5.41) is 11.8. The van der Waals surface area contributed by atoms with E-state index in [9.17, 15) is 9.59 Å². The van der Waals surface area contributed by atoms with E-state index in [2.05, 4.69) is 5.32 Å². The molecule has 0 bridgehead atoms. The topological polar surface area (TPSA) is 66.4 Å². The summed E-state index contributed by atoms with van der Waals surface area (Å²) in [7, 11) is 0. The zero-order chi connectivity index (χ0) is 12.3. The van der Waals surface area contributed by atoms with Crippen LogP contribution in [0.3, 0.4) is 0 Å². The van der Waals surface area contributed by atoms with Gasteiger partial charge in [-0.2, -0.15) is 0 Å². The van der Waals surface area contributed by atoms with Crippen molar-refractivity contribution in [1.29, 1.82) is 0 Å². The lowest BCUT2D eigenvalue weighted by atomic mass is 10.1. The van der Waals surface area contributed by atoms with Crippen molar-refractivity contribution in [2.24, 2.45) is 0 Å². The van der Waals surface area contributed by atoms with Crippen LogP contribution < -0.4 is 5.32 Å². The summed E-state index contributed by atoms with van der Waals surface area (Å²) in [4.78, 5) is 22.7. The molecule has 2 rings (SSSR count). The fourth-order valence-corrected chi connectivity index (χ4v) is 2.13. The van der Waals surface area contributed by atoms with E-state index in [0.29, 0.717) is 5.56 Å². The van der Waals surface area contributed by atoms with E-state index in [0.717, 1.165) is 25.7 Å². The number of hydrogen-bond donors (Lipinski definition) is 2. The van der Waals surface area contributed by atoms with Crippen LogP contribution >= 0.6 is 0 Å². The van der Waals surface area contributed by atoms with Crippen LogP contribution in [-0.4, -0.2) is 23.0 Å². The molecule has 0 spiro atoms. The van der Waals surface area contributed by atoms with Crippen molar-refractivity contribution in [3.8, 4) is 0 Å². The minimum Gasteiger partial charge on any atom is -0.478 e. The summed E-state index contributed by atoms with van der Waals surface area (Å²) in [6.07, 6.45) is 4.34. The number of aromatic carboxylic acids is 1. The molecule has 0 saturated heterocycles. The van der Waals surface area contributed by atoms with Crippen LogP contribution in [0.25, 0.3) is 0 Å². The van der Waals surface area contributed by atoms with Crippen LogP contribution in [0.1, 0.15) is 46.4 Å². The van der Waals surface area contributed by atoms with Crippen LogP contribution in [0.4, 0.5) is 0 Å². The predicted molar refractivity (Wildman–Crippen MR) is 63.1 cm³/mol. The number of carbonyl (C=O) groups excluding carboxylic acids is 1. The smallest absolute Gasteiger partial charge is 0.335 e. The molecule has 1 aliphatic rings. The maximum atomic E-state index is 11.9. The highest BCUT2D eigenvalue weighted by molar-refractivity contribution is 5.97. The van der Waals surface area contributed by atoms with E-state index in [4.69, 9.17) is 5.11 Å². The normalized spacial score (nSPS) is 15.8. The van der Waals surface area contributed by atoms with Crippen LogP contribution in [-0.2, 0) is 0 Å². The highest BCUT2D eigenvalue weighted by atomic mass is 16.4. The van der Waals surface area contributed by atoms with E-state index in [1.54, 1.807) is 12.1 Å². The van der Waals surface area contributed by atoms with E-state index in [1.807, 2.05) is 0 Å². The molecule has 90 valence electrons. The van der Waals surface area contributed by atoms with Crippen molar-refractivity contribution in [3.05, 3.63) is 35.4 Å². The Hall–Kier alpha value is -1.84. The molecule has 1 aliphatic carbocycles. The minimum atomic E-state index is -1.01. The highest BCUT2D eigenvalue weighted by Crippen LogP contribution is 2.18. The van der Waals surface area contributed by atoms with Gasteiger partial charge < -0.3 is 10.4 Å². The van der Waals surface area contributed by atoms with E-state index in [-0.39, 0.29) is 17.5 Å². The summed E-state index contributed by atoms with van der Waals surface area (Å²) >= 11 is 0. The van der Waals surface area contributed by atoms with Crippen molar-refractivity contribution < 1.29 is 14.7 Å². The fourth-order valence-electron chi connectivity index (χ4n) is 2.13. The molecule has 1 fully saturated rings. The van der Waals surface area contributed by atoms with E-state index < -0.39 is 5.97 Å². The lowest BCUT2D eigenvalue weighted by Crippen LogP contribution is -2.32. The van der Waals surface area contributed by atoms with Gasteiger partial charge in [0.2, 0.25) is 0 Å². The molecule has 0 unspecified atom stereocenters. The molecule has 0 radical (unpaired) electrons. The number of amides is 1. The number of carboxylic acid groups (broad SMARTS) is 1. The Labute approximate surface area is 99.6 Å². The number of nitrogens with one attached hydrogen (secondary N) is 1. The predicted octanol–water partition coefficient (Wildman–Crippen LogP) is 2.06. The van der Waals surface area contributed by atoms with Crippen molar-refractivity contribution in [1.82, 2.24) is 5.32 Å². The molecule has 0 aliphatic heterocycles. The quantitative estimate of drug-likeness (QED) is 0.839. The molecule has 4 nitrogen and oxygen atoms in total. The first kappa shape index (κ1) is 11.6. The standard InChI is InChI=1S/C13H15NO3/c15-12(14-11-6-1-2-7-11)9-4-3-5-10(8-9)13(16)17/h3-5,8,11H,1-2,6-7H2,(H,14,15)(H,16,17). The van der Waals surface area contributed by atoms with Gasteiger partial charge in [-0.15, -0.1) is 0 Å². The van der Waals surface area contributed by atoms with Gasteiger partial charge in [0, 0.05) is 11.6 Å². The molecule has 2 N–H and O–H groups in total. The maximum absolute atomic E-state index is 11.9. The van der Waals surface area contributed by atoms with Crippen molar-refractivity contribution >= 4 is 11.9 Å². The average molecular weight is 233 g/mol. The second kappa shape index (κ2) is 4.99. The van der Waals surface area contributed by atoms with Crippen LogP contribution in [0.15, 0.2) is 24.3 Å². The second-order valence-corrected chi connectivity index (χ2v) is 4.34. The maximum Gasteiger partial charge on any atom is 0.335 e. The van der Waals surface area contributed by atoms with Gasteiger partial charge in [0.1, 0.15) is 0 Å². The Kier molecular flexibility index (Phi) is 3.42. The fraction of sp³-hybridized carbons (Fsp3) is 0.385. The first-order valence-electron chi connectivity index (χ1n) is 5.81. The largest absolute Gasteiger partial charge is 0.478 e. The zero-order valence-corrected chi connectivity index (χ0v) is 9.48. The first-order chi connectivity index (χ1) is 8.16. The van der Waals surface area contributed by atoms with Gasteiger partial charge in [-0.1, -0.05) is 18.9 Å². The third-order valence-corrected chi connectivity index (χ3v) is 3.06. The minimum absolute atomic E-state index is 0.143. The summed E-state index contributed by atoms with van der Waals surface area (Å²) in [6, 6.07) is 6.36. The highest BCUT2D eigenvalue weighted by Gasteiger charge is 2.18. The first-order valence-corrected chi connectivity index (χ1v) is 5.81. The molecule has 0 atom stereocenters. The Morgan fingerprint density at radius 2 is 1.82 bits per heavy atom. The summed E-state index contributed by atoms with van der Waals surface area (Å²) < 4.78 is 0. The zero-order valence-electron chi connectivity index (χ0n) is 9.48. The van der Waals surface area contributed by atoms with Gasteiger partial charge in [-0.3, -0.25) is 4.79 Å². The van der Waals surface area contributed by atoms with Crippen molar-refractivity contribution in [2.45, 2.75) is 31.7 Å². The molecule has 0 aromatic heterocycles. The van der Waals surface area contributed by atoms with Crippen molar-refractivity contribution in [2.75, 3.05) is 0 Å². The van der Waals surface area contributed by atoms with Crippen molar-refractivity contribution in [3.63, 3.8) is 0 Å². The molecule has 1 aromatic rings. The van der Waals surface area contributed by atoms with Gasteiger partial charge in [0.25, 0.3) is 5.91 Å². The van der Waals surface area contributed by atoms with Gasteiger partial charge in [0.05, 0.1) is 5.56 Å². The molecule has 1 saturated carbocycles. The SMILES string of the molecule is O=C(O)c1cccc(C(=O)NC2CCCC2)c1. The molecule has 0 heterocycles. The van der Waals surface area contributed by atoms with Gasteiger partial charge >= 0.3 is 5.97 Å². The molecule has 4 heteroatoms. The number of carboxylic acids is 1. The van der Waals surface area contributed by atoms with Gasteiger partial charge in [-0.25, -0.2) is 4.79 Å². The Morgan fingerprint density at radius 1 is 1.18 bits per heavy atom. The number of hydrogen-bond acceptors (Lipinski definition) is 2. The summed E-state index contributed by atoms with van der Waals surface area (Å²) in [5.74, 6) is -1.19. The van der Waals surface area contributed by atoms with Gasteiger partial charge in [0.15, 0.2) is 0 Å². The molecular weight excluding hydrogens is 218 g/mol. The molecule has 17 heavy (non-hydrogen) atoms. The monoisotopic (exact) mass is 233 g/mol. The lowest BCUT2D eigenvalue weighted by molar-refractivity contribution is 0.0697. The average Bonchev–Trinajstić information content (AvgIpc) is 2.82. The lowest BCUT2D eigenvalue weighted by Gasteiger charge is -2.11. The summed E-state index contributed by atoms with van der Waals surface area (Å²) in [5.41, 5.74) is 0.556. The van der Waals surface area contributed by atoms with Crippen LogP contribution in [0.5, 0.6) is 0 Å². The van der Waals surface area contributed by atoms with Crippen LogP contribution in [0, 0.1) is 0 Å². The Morgan fingerprint density at radius 3 is 2.47 bits per heavy atom. The third-order valence-electron chi connectivity index (χ3n) is 3.06. The van der Waals surface area contributed by atoms with E-state index >= 15 is 0 Å². The number of benzene rings is 1. The Bertz CT molecular complexity index is 436. The summed E-state index contributed by atoms with van der Waals surface area (Å²) in [6.45, 7) is 0. The van der Waals surface area contributed by atoms with Gasteiger partial charge in [-0.05, 0) is 31.0 Å². The number of rotatable bonds is 3. The molecule has 1 aromatic carbocycles.